The van der Waals surface area contributed by atoms with Crippen LogP contribution in [0.15, 0.2) is 42.9 Å². The molecule has 1 amide bonds. The van der Waals surface area contributed by atoms with Gasteiger partial charge in [0.1, 0.15) is 5.69 Å². The minimum atomic E-state index is -0.0395. The molecule has 8 nitrogen and oxygen atoms in total. The highest BCUT2D eigenvalue weighted by molar-refractivity contribution is 5.93. The van der Waals surface area contributed by atoms with Gasteiger partial charge in [-0.2, -0.15) is 10.2 Å². The van der Waals surface area contributed by atoms with Crippen molar-refractivity contribution in [1.29, 1.82) is 0 Å². The average Bonchev–Trinajstić information content (AvgIpc) is 3.39. The number of carbonyl (C=O) groups excluding carboxylic acids is 1. The Labute approximate surface area is 156 Å². The highest BCUT2D eigenvalue weighted by Gasteiger charge is 2.27. The molecule has 3 aromatic rings. The summed E-state index contributed by atoms with van der Waals surface area (Å²) in [6, 6.07) is 7.50. The van der Waals surface area contributed by atoms with E-state index in [9.17, 15) is 4.79 Å². The lowest BCUT2D eigenvalue weighted by Gasteiger charge is -2.31. The first kappa shape index (κ1) is 17.4. The van der Waals surface area contributed by atoms with E-state index in [-0.39, 0.29) is 18.4 Å². The number of rotatable bonds is 5. The molecule has 1 atom stereocenters. The molecule has 3 aromatic heterocycles. The Kier molecular flexibility index (Phi) is 4.97. The quantitative estimate of drug-likeness (QED) is 0.716. The number of amides is 1. The third-order valence-corrected chi connectivity index (χ3v) is 4.90. The number of hydrogen-bond acceptors (Lipinski definition) is 5. The second-order valence-electron chi connectivity index (χ2n) is 6.72. The smallest absolute Gasteiger partial charge is 0.271 e. The number of nitrogens with zero attached hydrogens (tertiary/aromatic N) is 5. The van der Waals surface area contributed by atoms with Crippen LogP contribution in [0.1, 0.15) is 34.9 Å². The summed E-state index contributed by atoms with van der Waals surface area (Å²) < 4.78 is 1.74. The van der Waals surface area contributed by atoms with Crippen molar-refractivity contribution >= 4 is 5.91 Å². The van der Waals surface area contributed by atoms with Gasteiger partial charge in [0.05, 0.1) is 24.5 Å². The lowest BCUT2D eigenvalue weighted by atomic mass is 9.95. The number of aliphatic hydroxyl groups is 1. The highest BCUT2D eigenvalue weighted by atomic mass is 16.3. The molecular weight excluding hydrogens is 344 g/mol. The van der Waals surface area contributed by atoms with E-state index in [2.05, 4.69) is 20.3 Å². The Morgan fingerprint density at radius 3 is 2.96 bits per heavy atom. The van der Waals surface area contributed by atoms with Gasteiger partial charge in [-0.05, 0) is 37.1 Å². The van der Waals surface area contributed by atoms with Gasteiger partial charge in [0, 0.05) is 43.2 Å². The number of likely N-dealkylation sites (tertiary alicyclic amines) is 1. The summed E-state index contributed by atoms with van der Waals surface area (Å²) in [4.78, 5) is 18.8. The van der Waals surface area contributed by atoms with Gasteiger partial charge in [0.15, 0.2) is 0 Å². The molecule has 0 spiro atoms. The van der Waals surface area contributed by atoms with Crippen molar-refractivity contribution in [1.82, 2.24) is 29.9 Å². The second kappa shape index (κ2) is 7.71. The molecule has 2 N–H and O–H groups in total. The van der Waals surface area contributed by atoms with Crippen LogP contribution in [0.2, 0.25) is 0 Å². The highest BCUT2D eigenvalue weighted by Crippen LogP contribution is 2.27. The Morgan fingerprint density at radius 1 is 1.30 bits per heavy atom. The largest absolute Gasteiger partial charge is 0.394 e. The van der Waals surface area contributed by atoms with Gasteiger partial charge >= 0.3 is 0 Å². The van der Waals surface area contributed by atoms with Gasteiger partial charge in [-0.25, -0.2) is 0 Å². The number of H-pyrrole nitrogens is 1. The predicted octanol–water partition coefficient (Wildman–Crippen LogP) is 1.68. The Bertz CT molecular complexity index is 904. The monoisotopic (exact) mass is 366 g/mol. The molecule has 0 unspecified atom stereocenters. The number of aromatic amines is 1. The Morgan fingerprint density at radius 2 is 2.15 bits per heavy atom. The molecule has 1 aliphatic rings. The molecule has 4 heterocycles. The van der Waals surface area contributed by atoms with Crippen molar-refractivity contribution in [3.8, 4) is 11.3 Å². The van der Waals surface area contributed by atoms with Crippen molar-refractivity contribution in [2.24, 2.45) is 0 Å². The van der Waals surface area contributed by atoms with Crippen LogP contribution in [0.4, 0.5) is 0 Å². The fourth-order valence-corrected chi connectivity index (χ4v) is 3.50. The van der Waals surface area contributed by atoms with Gasteiger partial charge in [0.25, 0.3) is 5.91 Å². The topological polar surface area (TPSA) is 99.9 Å². The van der Waals surface area contributed by atoms with E-state index >= 15 is 0 Å². The minimum Gasteiger partial charge on any atom is -0.394 e. The van der Waals surface area contributed by atoms with Crippen LogP contribution in [0.5, 0.6) is 0 Å². The van der Waals surface area contributed by atoms with Crippen LogP contribution in [0.25, 0.3) is 11.3 Å². The third kappa shape index (κ3) is 3.75. The van der Waals surface area contributed by atoms with E-state index < -0.39 is 0 Å². The standard InChI is InChI=1S/C19H22N6O2/c26-11-10-25-9-5-16(23-25)15-2-1-8-24(13-15)19(27)18-12-17(21-22-18)14-3-6-20-7-4-14/h3-7,9,12,15,26H,1-2,8,10-11,13H2,(H,21,22)/t15-/m0/s1. The molecule has 0 aliphatic carbocycles. The van der Waals surface area contributed by atoms with Gasteiger partial charge < -0.3 is 10.0 Å². The van der Waals surface area contributed by atoms with Crippen molar-refractivity contribution in [2.75, 3.05) is 19.7 Å². The molecule has 0 aromatic carbocycles. The van der Waals surface area contributed by atoms with Gasteiger partial charge in [-0.1, -0.05) is 0 Å². The summed E-state index contributed by atoms with van der Waals surface area (Å²) in [6.45, 7) is 1.92. The molecule has 4 rings (SSSR count). The van der Waals surface area contributed by atoms with Gasteiger partial charge in [0.2, 0.25) is 0 Å². The molecular formula is C19H22N6O2. The second-order valence-corrected chi connectivity index (χ2v) is 6.72. The van der Waals surface area contributed by atoms with Gasteiger partial charge in [-0.15, -0.1) is 0 Å². The maximum atomic E-state index is 12.9. The zero-order valence-electron chi connectivity index (χ0n) is 15.0. The number of aromatic nitrogens is 5. The number of nitrogens with one attached hydrogen (secondary N) is 1. The minimum absolute atomic E-state index is 0.0395. The van der Waals surface area contributed by atoms with Crippen molar-refractivity contribution in [3.63, 3.8) is 0 Å². The van der Waals surface area contributed by atoms with Crippen molar-refractivity contribution < 1.29 is 9.90 Å². The van der Waals surface area contributed by atoms with Crippen LogP contribution in [0, 0.1) is 0 Å². The molecule has 0 radical (unpaired) electrons. The van der Waals surface area contributed by atoms with Crippen LogP contribution in [-0.4, -0.2) is 60.6 Å². The molecule has 0 bridgehead atoms. The van der Waals surface area contributed by atoms with E-state index in [0.717, 1.165) is 36.3 Å². The van der Waals surface area contributed by atoms with E-state index in [1.54, 1.807) is 23.1 Å². The van der Waals surface area contributed by atoms with E-state index in [1.165, 1.54) is 0 Å². The molecule has 140 valence electrons. The molecule has 27 heavy (non-hydrogen) atoms. The van der Waals surface area contributed by atoms with Crippen LogP contribution < -0.4 is 0 Å². The normalized spacial score (nSPS) is 17.2. The van der Waals surface area contributed by atoms with Gasteiger partial charge in [-0.3, -0.25) is 19.6 Å². The zero-order valence-corrected chi connectivity index (χ0v) is 15.0. The summed E-state index contributed by atoms with van der Waals surface area (Å²) in [5.41, 5.74) is 3.12. The fourth-order valence-electron chi connectivity index (χ4n) is 3.50. The summed E-state index contributed by atoms with van der Waals surface area (Å²) in [5.74, 6) is 0.174. The maximum absolute atomic E-state index is 12.9. The predicted molar refractivity (Wildman–Crippen MR) is 99.0 cm³/mol. The molecule has 1 fully saturated rings. The van der Waals surface area contributed by atoms with Crippen molar-refractivity contribution in [3.05, 3.63) is 54.2 Å². The third-order valence-electron chi connectivity index (χ3n) is 4.90. The number of piperidine rings is 1. The summed E-state index contributed by atoms with van der Waals surface area (Å²) >= 11 is 0. The Hall–Kier alpha value is -3.00. The number of pyridine rings is 1. The zero-order chi connectivity index (χ0) is 18.6. The summed E-state index contributed by atoms with van der Waals surface area (Å²) in [5, 5.41) is 20.7. The molecule has 1 aliphatic heterocycles. The molecule has 1 saturated heterocycles. The summed E-state index contributed by atoms with van der Waals surface area (Å²) in [7, 11) is 0. The summed E-state index contributed by atoms with van der Waals surface area (Å²) in [6.07, 6.45) is 7.23. The number of hydrogen-bond donors (Lipinski definition) is 2. The van der Waals surface area contributed by atoms with Crippen molar-refractivity contribution in [2.45, 2.75) is 25.3 Å². The van der Waals surface area contributed by atoms with E-state index in [1.807, 2.05) is 29.3 Å². The van der Waals surface area contributed by atoms with Crippen LogP contribution in [-0.2, 0) is 6.54 Å². The first-order valence-electron chi connectivity index (χ1n) is 9.14. The lowest BCUT2D eigenvalue weighted by Crippen LogP contribution is -2.39. The van der Waals surface area contributed by atoms with E-state index in [0.29, 0.717) is 18.8 Å². The Balaban J connectivity index is 1.46. The fraction of sp³-hybridized carbons (Fsp3) is 0.368. The first-order valence-corrected chi connectivity index (χ1v) is 9.14. The molecule has 0 saturated carbocycles. The first-order chi connectivity index (χ1) is 13.2. The number of carbonyl (C=O) groups is 1. The van der Waals surface area contributed by atoms with E-state index in [4.69, 9.17) is 5.11 Å². The van der Waals surface area contributed by atoms with Crippen LogP contribution in [0.3, 0.4) is 0 Å². The average molecular weight is 366 g/mol. The number of aliphatic hydroxyl groups excluding tert-OH is 1. The maximum Gasteiger partial charge on any atom is 0.271 e. The molecule has 8 heteroatoms. The van der Waals surface area contributed by atoms with Crippen LogP contribution >= 0.6 is 0 Å². The lowest BCUT2D eigenvalue weighted by molar-refractivity contribution is 0.0699. The SMILES string of the molecule is O=C(c1cc(-c2ccncc2)n[nH]1)N1CCC[C@H](c2ccn(CCO)n2)C1.